The molecule has 11 nitrogen and oxygen atoms in total. The number of carbonyl (C=O) groups excluding carboxylic acids is 1. The van der Waals surface area contributed by atoms with Gasteiger partial charge < -0.3 is 20.9 Å². The molecular weight excluding hydrogens is 432 g/mol. The molecule has 3 aromatic heterocycles. The van der Waals surface area contributed by atoms with Crippen LogP contribution in [-0.4, -0.2) is 72.5 Å². The van der Waals surface area contributed by atoms with E-state index < -0.39 is 0 Å². The van der Waals surface area contributed by atoms with E-state index >= 15 is 0 Å². The average Bonchev–Trinajstić information content (AvgIpc) is 3.41. The first-order chi connectivity index (χ1) is 16.5. The number of nitrogens with one attached hydrogen (secondary N) is 4. The Balaban J connectivity index is 1.38. The number of amides is 1. The minimum absolute atomic E-state index is 0.200. The third-order valence-corrected chi connectivity index (χ3v) is 6.61. The first-order valence-corrected chi connectivity index (χ1v) is 11.9. The van der Waals surface area contributed by atoms with Crippen molar-refractivity contribution in [2.45, 2.75) is 57.2 Å². The summed E-state index contributed by atoms with van der Waals surface area (Å²) in [4.78, 5) is 24.4. The van der Waals surface area contributed by atoms with Gasteiger partial charge in [0.25, 0.3) is 0 Å². The lowest BCUT2D eigenvalue weighted by molar-refractivity contribution is -0.139. The summed E-state index contributed by atoms with van der Waals surface area (Å²) in [7, 11) is 3.71. The van der Waals surface area contributed by atoms with Crippen LogP contribution in [0.4, 0.5) is 17.6 Å². The summed E-state index contributed by atoms with van der Waals surface area (Å²) >= 11 is 0. The minimum atomic E-state index is 0.200. The van der Waals surface area contributed by atoms with E-state index in [1.165, 1.54) is 6.42 Å². The molecule has 0 radical (unpaired) electrons. The van der Waals surface area contributed by atoms with Crippen LogP contribution in [0.25, 0.3) is 11.3 Å². The van der Waals surface area contributed by atoms with E-state index in [0.717, 1.165) is 42.6 Å². The lowest BCUT2D eigenvalue weighted by Gasteiger charge is -2.49. The Hall–Kier alpha value is -3.47. The van der Waals surface area contributed by atoms with Crippen LogP contribution in [0.5, 0.6) is 0 Å². The second-order valence-electron chi connectivity index (χ2n) is 9.31. The van der Waals surface area contributed by atoms with Gasteiger partial charge in [0.2, 0.25) is 11.9 Å². The van der Waals surface area contributed by atoms with Gasteiger partial charge in [-0.3, -0.25) is 14.6 Å². The maximum Gasteiger partial charge on any atom is 0.237 e. The van der Waals surface area contributed by atoms with Crippen molar-refractivity contribution in [3.63, 3.8) is 0 Å². The Labute approximate surface area is 198 Å². The van der Waals surface area contributed by atoms with E-state index in [4.69, 9.17) is 9.97 Å². The van der Waals surface area contributed by atoms with Crippen LogP contribution in [0.15, 0.2) is 24.5 Å². The zero-order valence-electron chi connectivity index (χ0n) is 19.9. The second kappa shape index (κ2) is 9.41. The molecule has 0 aliphatic carbocycles. The number of fused-ring (bicyclic) bond motifs is 2. The van der Waals surface area contributed by atoms with Gasteiger partial charge in [0.15, 0.2) is 5.82 Å². The van der Waals surface area contributed by atoms with Gasteiger partial charge in [0.05, 0.1) is 18.4 Å². The second-order valence-corrected chi connectivity index (χ2v) is 9.31. The summed E-state index contributed by atoms with van der Waals surface area (Å²) in [6.45, 7) is 2.35. The van der Waals surface area contributed by atoms with Crippen molar-refractivity contribution >= 4 is 23.5 Å². The van der Waals surface area contributed by atoms with Crippen LogP contribution in [0, 0.1) is 6.92 Å². The molecule has 5 heterocycles. The van der Waals surface area contributed by atoms with Gasteiger partial charge in [-0.1, -0.05) is 0 Å². The SMILES string of the molecule is CNCC(=O)N1C2CCCC1CC(Nc1nc(Nc3cc(C)[nH]n3)cc(-c3cnn(C)c3)n1)C2. The van der Waals surface area contributed by atoms with Crippen LogP contribution in [0.1, 0.15) is 37.8 Å². The summed E-state index contributed by atoms with van der Waals surface area (Å²) < 4.78 is 1.76. The van der Waals surface area contributed by atoms with Gasteiger partial charge in [-0.15, -0.1) is 0 Å². The highest BCUT2D eigenvalue weighted by Crippen LogP contribution is 2.35. The number of piperidine rings is 2. The summed E-state index contributed by atoms with van der Waals surface area (Å²) in [6.07, 6.45) is 8.80. The number of hydrogen-bond acceptors (Lipinski definition) is 8. The van der Waals surface area contributed by atoms with E-state index in [9.17, 15) is 4.79 Å². The van der Waals surface area contributed by atoms with Gasteiger partial charge in [-0.25, -0.2) is 4.98 Å². The first kappa shape index (κ1) is 22.3. The van der Waals surface area contributed by atoms with Crippen molar-refractivity contribution in [3.8, 4) is 11.3 Å². The zero-order valence-corrected chi connectivity index (χ0v) is 19.9. The smallest absolute Gasteiger partial charge is 0.237 e. The molecule has 3 aromatic rings. The van der Waals surface area contributed by atoms with Crippen molar-refractivity contribution in [3.05, 3.63) is 30.2 Å². The van der Waals surface area contributed by atoms with Gasteiger partial charge in [-0.2, -0.15) is 15.2 Å². The number of aromatic nitrogens is 6. The van der Waals surface area contributed by atoms with Gasteiger partial charge in [0, 0.05) is 54.8 Å². The Bertz CT molecular complexity index is 1140. The number of nitrogens with zero attached hydrogens (tertiary/aromatic N) is 6. The maximum atomic E-state index is 12.7. The molecule has 34 heavy (non-hydrogen) atoms. The lowest BCUT2D eigenvalue weighted by atomic mass is 9.81. The fraction of sp³-hybridized carbons (Fsp3) is 0.522. The lowest BCUT2D eigenvalue weighted by Crippen LogP contribution is -2.58. The predicted octanol–water partition coefficient (Wildman–Crippen LogP) is 2.20. The largest absolute Gasteiger partial charge is 0.351 e. The molecule has 2 fully saturated rings. The number of rotatable bonds is 7. The fourth-order valence-electron chi connectivity index (χ4n) is 5.22. The zero-order chi connectivity index (χ0) is 23.7. The highest BCUT2D eigenvalue weighted by atomic mass is 16.2. The standard InChI is InChI=1S/C23H32N10O/c1-14-7-21(31-30-14)28-20-10-19(15-11-25-32(3)13-15)27-23(29-20)26-16-8-17-5-4-6-18(9-16)33(17)22(34)12-24-2/h7,10-11,13,16-18,24H,4-6,8-9,12H2,1-3H3,(H3,26,27,28,29,30,31). The molecule has 2 saturated heterocycles. The Kier molecular flexibility index (Phi) is 6.18. The molecule has 2 atom stereocenters. The molecule has 0 aromatic carbocycles. The summed E-state index contributed by atoms with van der Waals surface area (Å²) in [5, 5.41) is 21.4. The minimum Gasteiger partial charge on any atom is -0.351 e. The van der Waals surface area contributed by atoms with Crippen molar-refractivity contribution in [1.29, 1.82) is 0 Å². The number of aromatic amines is 1. The molecule has 2 aliphatic rings. The molecule has 2 aliphatic heterocycles. The third-order valence-electron chi connectivity index (χ3n) is 6.61. The maximum absolute atomic E-state index is 12.7. The number of H-pyrrole nitrogens is 1. The fourth-order valence-corrected chi connectivity index (χ4v) is 5.22. The monoisotopic (exact) mass is 464 g/mol. The number of hydrogen-bond donors (Lipinski definition) is 4. The van der Waals surface area contributed by atoms with Crippen LogP contribution < -0.4 is 16.0 Å². The third kappa shape index (κ3) is 4.74. The van der Waals surface area contributed by atoms with Crippen molar-refractivity contribution in [1.82, 2.24) is 40.2 Å². The summed E-state index contributed by atoms with van der Waals surface area (Å²) in [6, 6.07) is 4.56. The summed E-state index contributed by atoms with van der Waals surface area (Å²) in [5.41, 5.74) is 2.66. The Morgan fingerprint density at radius 2 is 1.97 bits per heavy atom. The molecular formula is C23H32N10O. The Morgan fingerprint density at radius 1 is 1.18 bits per heavy atom. The molecule has 11 heteroatoms. The molecule has 4 N–H and O–H groups in total. The molecule has 0 saturated carbocycles. The van der Waals surface area contributed by atoms with Gasteiger partial charge >= 0.3 is 0 Å². The van der Waals surface area contributed by atoms with Crippen molar-refractivity contribution < 1.29 is 4.79 Å². The molecule has 1 amide bonds. The number of aryl methyl sites for hydroxylation is 2. The molecule has 0 spiro atoms. The number of anilines is 3. The average molecular weight is 465 g/mol. The van der Waals surface area contributed by atoms with Gasteiger partial charge in [-0.05, 0) is 46.1 Å². The van der Waals surface area contributed by atoms with Crippen LogP contribution in [0.3, 0.4) is 0 Å². The topological polar surface area (TPSA) is 129 Å². The molecule has 2 unspecified atom stereocenters. The highest BCUT2D eigenvalue weighted by molar-refractivity contribution is 5.79. The van der Waals surface area contributed by atoms with Gasteiger partial charge in [0.1, 0.15) is 5.82 Å². The number of likely N-dealkylation sites (N-methyl/N-ethyl adjacent to an activating group) is 1. The van der Waals surface area contributed by atoms with Crippen LogP contribution in [0.2, 0.25) is 0 Å². The molecule has 5 rings (SSSR count). The van der Waals surface area contributed by atoms with Crippen molar-refractivity contribution in [2.24, 2.45) is 7.05 Å². The van der Waals surface area contributed by atoms with E-state index in [0.29, 0.717) is 24.1 Å². The molecule has 2 bridgehead atoms. The molecule has 180 valence electrons. The van der Waals surface area contributed by atoms with E-state index in [1.54, 1.807) is 10.9 Å². The highest BCUT2D eigenvalue weighted by Gasteiger charge is 2.40. The normalized spacial score (nSPS) is 22.0. The number of carbonyl (C=O) groups is 1. The van der Waals surface area contributed by atoms with Crippen LogP contribution in [-0.2, 0) is 11.8 Å². The quantitative estimate of drug-likeness (QED) is 0.419. The van der Waals surface area contributed by atoms with E-state index in [1.807, 2.05) is 39.3 Å². The van der Waals surface area contributed by atoms with Crippen LogP contribution >= 0.6 is 0 Å². The predicted molar refractivity (Wildman–Crippen MR) is 130 cm³/mol. The Morgan fingerprint density at radius 3 is 2.62 bits per heavy atom. The van der Waals surface area contributed by atoms with Crippen molar-refractivity contribution in [2.75, 3.05) is 24.2 Å². The summed E-state index contributed by atoms with van der Waals surface area (Å²) in [5.74, 6) is 2.12. The van der Waals surface area contributed by atoms with E-state index in [-0.39, 0.29) is 24.0 Å². The van der Waals surface area contributed by atoms with E-state index in [2.05, 4.69) is 36.1 Å². The first-order valence-electron chi connectivity index (χ1n) is 11.9.